The highest BCUT2D eigenvalue weighted by Gasteiger charge is 2.20. The van der Waals surface area contributed by atoms with Crippen LogP contribution in [0.3, 0.4) is 0 Å². The topological polar surface area (TPSA) is 58.8 Å². The van der Waals surface area contributed by atoms with E-state index in [4.69, 9.17) is 4.74 Å². The van der Waals surface area contributed by atoms with Crippen molar-refractivity contribution in [3.8, 4) is 11.9 Å². The van der Waals surface area contributed by atoms with E-state index in [9.17, 15) is 5.26 Å². The molecule has 0 amide bonds. The molecule has 4 nitrogen and oxygen atoms in total. The average molecular weight is 273 g/mol. The molecule has 1 aromatic heterocycles. The van der Waals surface area contributed by atoms with Crippen LogP contribution in [0, 0.1) is 11.3 Å². The third-order valence-electron chi connectivity index (χ3n) is 4.01. The predicted molar refractivity (Wildman–Crippen MR) is 77.6 cm³/mol. The van der Waals surface area contributed by atoms with Crippen molar-refractivity contribution < 1.29 is 4.74 Å². The fraction of sp³-hybridized carbons (Fsp3) is 0.688. The number of nitrogens with zero attached hydrogens (tertiary/aromatic N) is 3. The van der Waals surface area contributed by atoms with Gasteiger partial charge in [-0.3, -0.25) is 0 Å². The summed E-state index contributed by atoms with van der Waals surface area (Å²) in [6.07, 6.45) is 8.87. The minimum Gasteiger partial charge on any atom is -0.472 e. The maximum Gasteiger partial charge on any atom is 0.252 e. The van der Waals surface area contributed by atoms with Crippen molar-refractivity contribution >= 4 is 0 Å². The Hall–Kier alpha value is -1.63. The lowest BCUT2D eigenvalue weighted by molar-refractivity contribution is 0.173. The lowest BCUT2D eigenvalue weighted by atomic mass is 10.0. The Morgan fingerprint density at radius 2 is 1.80 bits per heavy atom. The number of aromatic nitrogens is 2. The molecule has 0 spiro atoms. The zero-order chi connectivity index (χ0) is 14.4. The van der Waals surface area contributed by atoms with Crippen LogP contribution in [-0.2, 0) is 12.8 Å². The van der Waals surface area contributed by atoms with Gasteiger partial charge in [-0.05, 0) is 44.1 Å². The van der Waals surface area contributed by atoms with Crippen molar-refractivity contribution in [2.45, 2.75) is 71.3 Å². The van der Waals surface area contributed by atoms with Crippen molar-refractivity contribution in [1.82, 2.24) is 10.2 Å². The summed E-state index contributed by atoms with van der Waals surface area (Å²) in [5.74, 6) is 0.438. The highest BCUT2D eigenvalue weighted by Crippen LogP contribution is 2.26. The molecule has 0 aliphatic heterocycles. The minimum absolute atomic E-state index is 0.191. The molecular formula is C16H23N3O. The molecule has 1 heterocycles. The summed E-state index contributed by atoms with van der Waals surface area (Å²) < 4.78 is 6.00. The quantitative estimate of drug-likeness (QED) is 0.787. The van der Waals surface area contributed by atoms with Gasteiger partial charge in [0.2, 0.25) is 0 Å². The molecule has 0 aromatic carbocycles. The van der Waals surface area contributed by atoms with E-state index in [0.717, 1.165) is 36.9 Å². The molecule has 1 aliphatic carbocycles. The van der Waals surface area contributed by atoms with E-state index in [1.165, 1.54) is 25.7 Å². The van der Waals surface area contributed by atoms with E-state index >= 15 is 0 Å². The van der Waals surface area contributed by atoms with Gasteiger partial charge in [-0.2, -0.15) is 10.4 Å². The second-order valence-corrected chi connectivity index (χ2v) is 5.36. The van der Waals surface area contributed by atoms with Crippen LogP contribution in [0.5, 0.6) is 5.88 Å². The Morgan fingerprint density at radius 1 is 1.10 bits per heavy atom. The Kier molecular flexibility index (Phi) is 5.34. The number of ether oxygens (including phenoxy) is 1. The first kappa shape index (κ1) is 14.8. The Balaban J connectivity index is 2.25. The Morgan fingerprint density at radius 3 is 2.35 bits per heavy atom. The maximum atomic E-state index is 9.44. The molecule has 108 valence electrons. The van der Waals surface area contributed by atoms with Crippen LogP contribution in [0.4, 0.5) is 0 Å². The van der Waals surface area contributed by atoms with E-state index in [1.807, 2.05) is 13.8 Å². The second-order valence-electron chi connectivity index (χ2n) is 5.36. The van der Waals surface area contributed by atoms with Gasteiger partial charge in [0.1, 0.15) is 17.7 Å². The monoisotopic (exact) mass is 273 g/mol. The first-order chi connectivity index (χ1) is 9.80. The number of nitriles is 1. The van der Waals surface area contributed by atoms with Gasteiger partial charge in [-0.1, -0.05) is 26.7 Å². The summed E-state index contributed by atoms with van der Waals surface area (Å²) in [4.78, 5) is 0. The van der Waals surface area contributed by atoms with Crippen molar-refractivity contribution in [3.63, 3.8) is 0 Å². The number of aryl methyl sites for hydroxylation is 1. The fourth-order valence-corrected chi connectivity index (χ4v) is 2.87. The predicted octanol–water partition coefficient (Wildman–Crippen LogP) is 3.57. The first-order valence-electron chi connectivity index (χ1n) is 7.75. The molecule has 0 N–H and O–H groups in total. The maximum absolute atomic E-state index is 9.44. The Bertz CT molecular complexity index is 485. The van der Waals surface area contributed by atoms with Gasteiger partial charge < -0.3 is 4.74 Å². The van der Waals surface area contributed by atoms with Crippen LogP contribution < -0.4 is 4.74 Å². The zero-order valence-electron chi connectivity index (χ0n) is 12.5. The van der Waals surface area contributed by atoms with E-state index in [1.54, 1.807) is 0 Å². The largest absolute Gasteiger partial charge is 0.472 e. The highest BCUT2D eigenvalue weighted by atomic mass is 16.5. The normalized spacial score (nSPS) is 16.4. The molecule has 0 atom stereocenters. The van der Waals surface area contributed by atoms with Crippen LogP contribution in [0.2, 0.25) is 0 Å². The van der Waals surface area contributed by atoms with Crippen LogP contribution in [-0.4, -0.2) is 16.3 Å². The van der Waals surface area contributed by atoms with Crippen LogP contribution in [0.25, 0.3) is 0 Å². The standard InChI is InChI=1S/C16H23N3O/c1-3-13-14(11-17)16(19-18-15(13)4-2)20-12-9-7-5-6-8-10-12/h12H,3-10H2,1-2H3. The van der Waals surface area contributed by atoms with Gasteiger partial charge in [0, 0.05) is 0 Å². The van der Waals surface area contributed by atoms with Gasteiger partial charge in [0.15, 0.2) is 0 Å². The molecule has 1 aliphatic rings. The minimum atomic E-state index is 0.191. The van der Waals surface area contributed by atoms with Crippen molar-refractivity contribution in [3.05, 3.63) is 16.8 Å². The molecule has 0 saturated heterocycles. The van der Waals surface area contributed by atoms with Crippen LogP contribution in [0.15, 0.2) is 0 Å². The summed E-state index contributed by atoms with van der Waals surface area (Å²) >= 11 is 0. The van der Waals surface area contributed by atoms with Crippen molar-refractivity contribution in [1.29, 1.82) is 5.26 Å². The Labute approximate surface area is 121 Å². The molecule has 0 radical (unpaired) electrons. The summed E-state index contributed by atoms with van der Waals surface area (Å²) in [6.45, 7) is 4.09. The summed E-state index contributed by atoms with van der Waals surface area (Å²) in [5.41, 5.74) is 2.49. The summed E-state index contributed by atoms with van der Waals surface area (Å²) in [6, 6.07) is 2.27. The molecule has 1 saturated carbocycles. The first-order valence-corrected chi connectivity index (χ1v) is 7.75. The van der Waals surface area contributed by atoms with Crippen LogP contribution >= 0.6 is 0 Å². The van der Waals surface area contributed by atoms with Gasteiger partial charge in [-0.25, -0.2) is 0 Å². The fourth-order valence-electron chi connectivity index (χ4n) is 2.87. The van der Waals surface area contributed by atoms with Gasteiger partial charge in [-0.15, -0.1) is 5.10 Å². The molecule has 1 fully saturated rings. The molecule has 4 heteroatoms. The molecule has 2 rings (SSSR count). The molecule has 0 bridgehead atoms. The van der Waals surface area contributed by atoms with Crippen molar-refractivity contribution in [2.75, 3.05) is 0 Å². The SMILES string of the molecule is CCc1nnc(OC2CCCCCC2)c(C#N)c1CC. The summed E-state index contributed by atoms with van der Waals surface area (Å²) in [7, 11) is 0. The number of hydrogen-bond acceptors (Lipinski definition) is 4. The van der Waals surface area contributed by atoms with E-state index in [-0.39, 0.29) is 6.10 Å². The number of rotatable bonds is 4. The zero-order valence-corrected chi connectivity index (χ0v) is 12.5. The second kappa shape index (κ2) is 7.23. The van der Waals surface area contributed by atoms with E-state index in [2.05, 4.69) is 16.3 Å². The number of hydrogen-bond donors (Lipinski definition) is 0. The third kappa shape index (κ3) is 3.27. The summed E-state index contributed by atoms with van der Waals surface area (Å²) in [5, 5.41) is 17.8. The van der Waals surface area contributed by atoms with E-state index in [0.29, 0.717) is 11.4 Å². The third-order valence-corrected chi connectivity index (χ3v) is 4.01. The van der Waals surface area contributed by atoms with Gasteiger partial charge in [0.05, 0.1) is 5.69 Å². The van der Waals surface area contributed by atoms with Gasteiger partial charge >= 0.3 is 0 Å². The smallest absolute Gasteiger partial charge is 0.252 e. The lowest BCUT2D eigenvalue weighted by Gasteiger charge is -2.18. The molecular weight excluding hydrogens is 250 g/mol. The molecule has 20 heavy (non-hydrogen) atoms. The lowest BCUT2D eigenvalue weighted by Crippen LogP contribution is -2.18. The highest BCUT2D eigenvalue weighted by molar-refractivity contribution is 5.46. The van der Waals surface area contributed by atoms with Crippen LogP contribution in [0.1, 0.15) is 69.2 Å². The molecule has 1 aromatic rings. The van der Waals surface area contributed by atoms with E-state index < -0.39 is 0 Å². The molecule has 0 unspecified atom stereocenters. The van der Waals surface area contributed by atoms with Gasteiger partial charge in [0.25, 0.3) is 5.88 Å². The average Bonchev–Trinajstić information content (AvgIpc) is 2.75. The van der Waals surface area contributed by atoms with Crippen molar-refractivity contribution in [2.24, 2.45) is 0 Å².